The van der Waals surface area contributed by atoms with Gasteiger partial charge >= 0.3 is 0 Å². The summed E-state index contributed by atoms with van der Waals surface area (Å²) in [4.78, 5) is 11.8. The van der Waals surface area contributed by atoms with Crippen molar-refractivity contribution in [3.05, 3.63) is 29.3 Å². The van der Waals surface area contributed by atoms with Crippen LogP contribution in [0.25, 0.3) is 0 Å². The Balaban J connectivity index is 2.56. The molecule has 0 aromatic heterocycles. The molecule has 0 saturated heterocycles. The number of aryl methyl sites for hydroxylation is 1. The summed E-state index contributed by atoms with van der Waals surface area (Å²) in [5.41, 5.74) is 8.12. The van der Waals surface area contributed by atoms with Crippen molar-refractivity contribution in [1.82, 2.24) is 5.32 Å². The lowest BCUT2D eigenvalue weighted by molar-refractivity contribution is 0.0990. The third kappa shape index (κ3) is 3.66. The first kappa shape index (κ1) is 12.7. The second-order valence-electron chi connectivity index (χ2n) is 4.52. The summed E-state index contributed by atoms with van der Waals surface area (Å²) in [7, 11) is 0. The minimum Gasteiger partial charge on any atom is -0.398 e. The molecule has 0 aliphatic carbocycles. The molecule has 0 heterocycles. The molecule has 0 atom stereocenters. The van der Waals surface area contributed by atoms with Crippen molar-refractivity contribution in [3.63, 3.8) is 0 Å². The number of hydrogen-bond donors (Lipinski definition) is 2. The fourth-order valence-electron chi connectivity index (χ4n) is 1.39. The van der Waals surface area contributed by atoms with Gasteiger partial charge in [-0.3, -0.25) is 4.79 Å². The minimum absolute atomic E-state index is 0.0901. The molecule has 1 aromatic carbocycles. The van der Waals surface area contributed by atoms with Crippen LogP contribution >= 0.6 is 0 Å². The van der Waals surface area contributed by atoms with Crippen LogP contribution in [0.1, 0.15) is 29.8 Å². The first-order chi connectivity index (χ1) is 7.50. The van der Waals surface area contributed by atoms with Crippen LogP contribution in [0.4, 0.5) is 5.69 Å². The Bertz CT molecular complexity index is 372. The molecular formula is C13H20N2O. The predicted molar refractivity (Wildman–Crippen MR) is 67.6 cm³/mol. The second-order valence-corrected chi connectivity index (χ2v) is 4.52. The first-order valence-corrected chi connectivity index (χ1v) is 5.60. The van der Waals surface area contributed by atoms with Gasteiger partial charge in [-0.05, 0) is 31.0 Å². The molecule has 16 heavy (non-hydrogen) atoms. The summed E-state index contributed by atoms with van der Waals surface area (Å²) in [5, 5.41) is 3.13. The summed E-state index contributed by atoms with van der Waals surface area (Å²) >= 11 is 0. The Morgan fingerprint density at radius 2 is 2.12 bits per heavy atom. The Labute approximate surface area is 97.0 Å². The summed E-state index contributed by atoms with van der Waals surface area (Å²) in [6, 6.07) is 5.45. The summed E-state index contributed by atoms with van der Waals surface area (Å²) in [6.07, 6.45) is 0. The molecule has 0 unspecified atom stereocenters. The molecule has 0 aliphatic heterocycles. The van der Waals surface area contributed by atoms with Gasteiger partial charge in [-0.15, -0.1) is 0 Å². The fourth-order valence-corrected chi connectivity index (χ4v) is 1.39. The molecule has 3 nitrogen and oxygen atoms in total. The van der Waals surface area contributed by atoms with Gasteiger partial charge in [0, 0.05) is 11.3 Å². The van der Waals surface area contributed by atoms with Gasteiger partial charge in [-0.2, -0.15) is 0 Å². The molecule has 3 heteroatoms. The van der Waals surface area contributed by atoms with Crippen LogP contribution in [0.2, 0.25) is 0 Å². The number of carbonyl (C=O) groups is 1. The number of hydrogen-bond acceptors (Lipinski definition) is 3. The smallest absolute Gasteiger partial charge is 0.176 e. The normalized spacial score (nSPS) is 10.8. The van der Waals surface area contributed by atoms with Gasteiger partial charge in [-0.1, -0.05) is 26.0 Å². The summed E-state index contributed by atoms with van der Waals surface area (Å²) < 4.78 is 0. The van der Waals surface area contributed by atoms with Gasteiger partial charge in [0.2, 0.25) is 0 Å². The zero-order chi connectivity index (χ0) is 12.1. The van der Waals surface area contributed by atoms with Gasteiger partial charge in [0.1, 0.15) is 0 Å². The number of ketones is 1. The second kappa shape index (κ2) is 5.66. The van der Waals surface area contributed by atoms with Crippen molar-refractivity contribution in [1.29, 1.82) is 0 Å². The number of nitrogens with one attached hydrogen (secondary N) is 1. The first-order valence-electron chi connectivity index (χ1n) is 5.60. The van der Waals surface area contributed by atoms with E-state index in [2.05, 4.69) is 19.2 Å². The van der Waals surface area contributed by atoms with E-state index in [0.29, 0.717) is 23.7 Å². The third-order valence-electron chi connectivity index (χ3n) is 2.44. The van der Waals surface area contributed by atoms with Crippen molar-refractivity contribution in [2.45, 2.75) is 20.8 Å². The molecule has 0 amide bonds. The molecular weight excluding hydrogens is 200 g/mol. The van der Waals surface area contributed by atoms with E-state index in [1.54, 1.807) is 6.07 Å². The lowest BCUT2D eigenvalue weighted by Gasteiger charge is -2.07. The SMILES string of the molecule is Cc1ccc(C(=O)CNCC(C)C)cc1N. The zero-order valence-electron chi connectivity index (χ0n) is 10.2. The average molecular weight is 220 g/mol. The number of benzene rings is 1. The maximum atomic E-state index is 11.8. The molecule has 0 fully saturated rings. The van der Waals surface area contributed by atoms with Gasteiger partial charge < -0.3 is 11.1 Å². The zero-order valence-corrected chi connectivity index (χ0v) is 10.2. The lowest BCUT2D eigenvalue weighted by Crippen LogP contribution is -2.26. The van der Waals surface area contributed by atoms with Crippen LogP contribution in [0, 0.1) is 12.8 Å². The van der Waals surface area contributed by atoms with Crippen molar-refractivity contribution in [2.75, 3.05) is 18.8 Å². The molecule has 0 spiro atoms. The molecule has 1 aromatic rings. The van der Waals surface area contributed by atoms with Crippen LogP contribution in [0.15, 0.2) is 18.2 Å². The van der Waals surface area contributed by atoms with Crippen LogP contribution in [-0.2, 0) is 0 Å². The summed E-state index contributed by atoms with van der Waals surface area (Å²) in [6.45, 7) is 7.39. The van der Waals surface area contributed by atoms with Gasteiger partial charge in [0.15, 0.2) is 5.78 Å². The topological polar surface area (TPSA) is 55.1 Å². The lowest BCUT2D eigenvalue weighted by atomic mass is 10.1. The predicted octanol–water partition coefficient (Wildman–Crippen LogP) is 2.01. The monoisotopic (exact) mass is 220 g/mol. The number of nitrogens with two attached hydrogens (primary N) is 1. The molecule has 0 aliphatic rings. The number of Topliss-reactive ketones (excluding diaryl/α,β-unsaturated/α-hetero) is 1. The van der Waals surface area contributed by atoms with E-state index >= 15 is 0 Å². The van der Waals surface area contributed by atoms with Crippen molar-refractivity contribution in [3.8, 4) is 0 Å². The van der Waals surface area contributed by atoms with Gasteiger partial charge in [0.25, 0.3) is 0 Å². The van der Waals surface area contributed by atoms with Crippen LogP contribution in [-0.4, -0.2) is 18.9 Å². The Morgan fingerprint density at radius 3 is 2.69 bits per heavy atom. The maximum Gasteiger partial charge on any atom is 0.176 e. The van der Waals surface area contributed by atoms with E-state index in [-0.39, 0.29) is 5.78 Å². The maximum absolute atomic E-state index is 11.8. The van der Waals surface area contributed by atoms with E-state index in [9.17, 15) is 4.79 Å². The van der Waals surface area contributed by atoms with E-state index in [0.717, 1.165) is 12.1 Å². The largest absolute Gasteiger partial charge is 0.398 e. The average Bonchev–Trinajstić information content (AvgIpc) is 2.21. The highest BCUT2D eigenvalue weighted by atomic mass is 16.1. The van der Waals surface area contributed by atoms with Gasteiger partial charge in [0.05, 0.1) is 6.54 Å². The Morgan fingerprint density at radius 1 is 1.44 bits per heavy atom. The summed E-state index contributed by atoms with van der Waals surface area (Å²) in [5.74, 6) is 0.642. The van der Waals surface area contributed by atoms with Crippen LogP contribution in [0.5, 0.6) is 0 Å². The van der Waals surface area contributed by atoms with E-state index in [1.807, 2.05) is 19.1 Å². The van der Waals surface area contributed by atoms with E-state index in [1.165, 1.54) is 0 Å². The standard InChI is InChI=1S/C13H20N2O/c1-9(2)7-15-8-13(16)11-5-4-10(3)12(14)6-11/h4-6,9,15H,7-8,14H2,1-3H3. The highest BCUT2D eigenvalue weighted by Gasteiger charge is 2.06. The highest BCUT2D eigenvalue weighted by molar-refractivity contribution is 5.98. The third-order valence-corrected chi connectivity index (χ3v) is 2.44. The van der Waals surface area contributed by atoms with Crippen LogP contribution in [0.3, 0.4) is 0 Å². The number of nitrogen functional groups attached to an aromatic ring is 1. The molecule has 1 rings (SSSR count). The van der Waals surface area contributed by atoms with Crippen LogP contribution < -0.4 is 11.1 Å². The molecule has 0 saturated carbocycles. The Kier molecular flexibility index (Phi) is 4.50. The Hall–Kier alpha value is -1.35. The van der Waals surface area contributed by atoms with E-state index < -0.39 is 0 Å². The van der Waals surface area contributed by atoms with Crippen molar-refractivity contribution in [2.24, 2.45) is 5.92 Å². The molecule has 88 valence electrons. The molecule has 0 radical (unpaired) electrons. The molecule has 3 N–H and O–H groups in total. The minimum atomic E-state index is 0.0901. The fraction of sp³-hybridized carbons (Fsp3) is 0.462. The van der Waals surface area contributed by atoms with E-state index in [4.69, 9.17) is 5.73 Å². The van der Waals surface area contributed by atoms with Gasteiger partial charge in [-0.25, -0.2) is 0 Å². The number of anilines is 1. The molecule has 0 bridgehead atoms. The quantitative estimate of drug-likeness (QED) is 0.589. The highest BCUT2D eigenvalue weighted by Crippen LogP contribution is 2.13. The van der Waals surface area contributed by atoms with Crippen molar-refractivity contribution < 1.29 is 4.79 Å². The number of carbonyl (C=O) groups excluding carboxylic acids is 1. The number of rotatable bonds is 5. The van der Waals surface area contributed by atoms with Crippen molar-refractivity contribution >= 4 is 11.5 Å².